The molecule has 3 heteroatoms. The van der Waals surface area contributed by atoms with Crippen LogP contribution in [0.3, 0.4) is 0 Å². The summed E-state index contributed by atoms with van der Waals surface area (Å²) in [5.41, 5.74) is 7.19. The fourth-order valence-electron chi connectivity index (χ4n) is 1.92. The summed E-state index contributed by atoms with van der Waals surface area (Å²) in [5.74, 6) is -1.60. The smallest absolute Gasteiger partial charge is 0.166 e. The van der Waals surface area contributed by atoms with Crippen LogP contribution in [0.25, 0.3) is 11.1 Å². The van der Waals surface area contributed by atoms with Crippen molar-refractivity contribution in [2.45, 2.75) is 12.8 Å². The van der Waals surface area contributed by atoms with Crippen LogP contribution in [0, 0.1) is 11.6 Å². The molecule has 2 rings (SSSR count). The van der Waals surface area contributed by atoms with Gasteiger partial charge in [0.2, 0.25) is 0 Å². The number of hydrogen-bond donors (Lipinski definition) is 1. The fourth-order valence-corrected chi connectivity index (χ4v) is 1.92. The van der Waals surface area contributed by atoms with Gasteiger partial charge < -0.3 is 5.73 Å². The lowest BCUT2D eigenvalue weighted by Gasteiger charge is -2.08. The van der Waals surface area contributed by atoms with Crippen LogP contribution < -0.4 is 5.73 Å². The lowest BCUT2D eigenvalue weighted by Crippen LogP contribution is -2.01. The third-order valence-corrected chi connectivity index (χ3v) is 2.84. The third kappa shape index (κ3) is 2.74. The Balaban J connectivity index is 2.43. The largest absolute Gasteiger partial charge is 0.330 e. The first-order valence-electron chi connectivity index (χ1n) is 5.96. The van der Waals surface area contributed by atoms with Crippen molar-refractivity contribution in [3.63, 3.8) is 0 Å². The van der Waals surface area contributed by atoms with E-state index in [1.807, 2.05) is 6.07 Å². The van der Waals surface area contributed by atoms with Gasteiger partial charge in [0.1, 0.15) is 0 Å². The van der Waals surface area contributed by atoms with Crippen molar-refractivity contribution in [1.82, 2.24) is 0 Å². The van der Waals surface area contributed by atoms with Crippen LogP contribution in [0.5, 0.6) is 0 Å². The highest BCUT2D eigenvalue weighted by atomic mass is 19.2. The standard InChI is InChI=1S/C15H15F2N/c16-14-10-11(5-4-8-18)9-13(15(14)17)12-6-2-1-3-7-12/h1-3,6-7,9-10H,4-5,8,18H2. The summed E-state index contributed by atoms with van der Waals surface area (Å²) in [6.45, 7) is 0.541. The monoisotopic (exact) mass is 247 g/mol. The average molecular weight is 247 g/mol. The first-order chi connectivity index (χ1) is 8.72. The molecule has 0 unspecified atom stereocenters. The van der Waals surface area contributed by atoms with Gasteiger partial charge >= 0.3 is 0 Å². The van der Waals surface area contributed by atoms with Gasteiger partial charge in [-0.15, -0.1) is 0 Å². The van der Waals surface area contributed by atoms with Crippen LogP contribution in [-0.4, -0.2) is 6.54 Å². The van der Waals surface area contributed by atoms with Crippen molar-refractivity contribution in [2.75, 3.05) is 6.54 Å². The molecule has 94 valence electrons. The Labute approximate surface area is 105 Å². The highest BCUT2D eigenvalue weighted by molar-refractivity contribution is 5.65. The van der Waals surface area contributed by atoms with E-state index in [4.69, 9.17) is 5.73 Å². The van der Waals surface area contributed by atoms with E-state index in [1.165, 1.54) is 6.07 Å². The Morgan fingerprint density at radius 1 is 1.00 bits per heavy atom. The molecular formula is C15H15F2N. The van der Waals surface area contributed by atoms with E-state index in [0.717, 1.165) is 12.0 Å². The Bertz CT molecular complexity index is 524. The maximum atomic E-state index is 13.8. The van der Waals surface area contributed by atoms with Crippen molar-refractivity contribution >= 4 is 0 Å². The van der Waals surface area contributed by atoms with E-state index in [-0.39, 0.29) is 0 Å². The molecular weight excluding hydrogens is 232 g/mol. The topological polar surface area (TPSA) is 26.0 Å². The minimum Gasteiger partial charge on any atom is -0.330 e. The van der Waals surface area contributed by atoms with Crippen LogP contribution in [0.4, 0.5) is 8.78 Å². The summed E-state index contributed by atoms with van der Waals surface area (Å²) < 4.78 is 27.3. The highest BCUT2D eigenvalue weighted by Crippen LogP contribution is 2.26. The second kappa shape index (κ2) is 5.74. The normalized spacial score (nSPS) is 10.6. The molecule has 0 saturated heterocycles. The number of halogens is 2. The van der Waals surface area contributed by atoms with Crippen LogP contribution in [0.1, 0.15) is 12.0 Å². The summed E-state index contributed by atoms with van der Waals surface area (Å²) >= 11 is 0. The van der Waals surface area contributed by atoms with Gasteiger partial charge in [-0.1, -0.05) is 30.3 Å². The lowest BCUT2D eigenvalue weighted by molar-refractivity contribution is 0.509. The Kier molecular flexibility index (Phi) is 4.05. The van der Waals surface area contributed by atoms with E-state index < -0.39 is 11.6 Å². The zero-order valence-electron chi connectivity index (χ0n) is 10.00. The first kappa shape index (κ1) is 12.7. The summed E-state index contributed by atoms with van der Waals surface area (Å²) in [5, 5.41) is 0. The molecule has 18 heavy (non-hydrogen) atoms. The molecule has 0 radical (unpaired) electrons. The van der Waals surface area contributed by atoms with Gasteiger partial charge in [0.25, 0.3) is 0 Å². The Morgan fingerprint density at radius 2 is 1.72 bits per heavy atom. The van der Waals surface area contributed by atoms with Crippen molar-refractivity contribution in [2.24, 2.45) is 5.73 Å². The summed E-state index contributed by atoms with van der Waals surface area (Å²) in [4.78, 5) is 0. The molecule has 0 aliphatic rings. The van der Waals surface area contributed by atoms with Gasteiger partial charge in [0, 0.05) is 5.56 Å². The molecule has 0 bridgehead atoms. The second-order valence-corrected chi connectivity index (χ2v) is 4.20. The number of nitrogens with two attached hydrogens (primary N) is 1. The van der Waals surface area contributed by atoms with E-state index in [1.54, 1.807) is 30.3 Å². The number of benzene rings is 2. The molecule has 0 aliphatic carbocycles. The van der Waals surface area contributed by atoms with Crippen molar-refractivity contribution in [1.29, 1.82) is 0 Å². The summed E-state index contributed by atoms with van der Waals surface area (Å²) in [6.07, 6.45) is 1.42. The maximum absolute atomic E-state index is 13.8. The summed E-state index contributed by atoms with van der Waals surface area (Å²) in [7, 11) is 0. The molecule has 0 saturated carbocycles. The fraction of sp³-hybridized carbons (Fsp3) is 0.200. The molecule has 2 aromatic rings. The van der Waals surface area contributed by atoms with Crippen LogP contribution in [-0.2, 0) is 6.42 Å². The molecule has 0 heterocycles. The molecule has 2 N–H and O–H groups in total. The van der Waals surface area contributed by atoms with Crippen LogP contribution in [0.15, 0.2) is 42.5 Å². The average Bonchev–Trinajstić information content (AvgIpc) is 2.41. The predicted molar refractivity (Wildman–Crippen MR) is 69.2 cm³/mol. The minimum absolute atomic E-state index is 0.308. The minimum atomic E-state index is -0.802. The van der Waals surface area contributed by atoms with Crippen molar-refractivity contribution < 1.29 is 8.78 Å². The second-order valence-electron chi connectivity index (χ2n) is 4.20. The molecule has 0 atom stereocenters. The Morgan fingerprint density at radius 3 is 2.39 bits per heavy atom. The van der Waals surface area contributed by atoms with Crippen LogP contribution in [0.2, 0.25) is 0 Å². The molecule has 0 fully saturated rings. The number of rotatable bonds is 4. The first-order valence-corrected chi connectivity index (χ1v) is 5.96. The van der Waals surface area contributed by atoms with Gasteiger partial charge in [-0.2, -0.15) is 0 Å². The number of aryl methyl sites for hydroxylation is 1. The van der Waals surface area contributed by atoms with Gasteiger partial charge in [0.15, 0.2) is 11.6 Å². The highest BCUT2D eigenvalue weighted by Gasteiger charge is 2.12. The van der Waals surface area contributed by atoms with Crippen molar-refractivity contribution in [3.8, 4) is 11.1 Å². The molecule has 0 spiro atoms. The number of hydrogen-bond acceptors (Lipinski definition) is 1. The zero-order valence-corrected chi connectivity index (χ0v) is 10.00. The van der Waals surface area contributed by atoms with E-state index in [9.17, 15) is 8.78 Å². The van der Waals surface area contributed by atoms with E-state index in [0.29, 0.717) is 24.1 Å². The predicted octanol–water partition coefficient (Wildman–Crippen LogP) is 3.52. The van der Waals surface area contributed by atoms with E-state index >= 15 is 0 Å². The molecule has 0 amide bonds. The summed E-state index contributed by atoms with van der Waals surface area (Å²) in [6, 6.07) is 11.9. The quantitative estimate of drug-likeness (QED) is 0.878. The molecule has 1 nitrogen and oxygen atoms in total. The van der Waals surface area contributed by atoms with Gasteiger partial charge in [-0.25, -0.2) is 8.78 Å². The molecule has 0 aliphatic heterocycles. The van der Waals surface area contributed by atoms with E-state index in [2.05, 4.69) is 0 Å². The SMILES string of the molecule is NCCCc1cc(F)c(F)c(-c2ccccc2)c1. The van der Waals surface area contributed by atoms with Gasteiger partial charge in [-0.3, -0.25) is 0 Å². The third-order valence-electron chi connectivity index (χ3n) is 2.84. The van der Waals surface area contributed by atoms with Gasteiger partial charge in [0.05, 0.1) is 0 Å². The zero-order chi connectivity index (χ0) is 13.0. The molecule has 0 aromatic heterocycles. The maximum Gasteiger partial charge on any atom is 0.166 e. The van der Waals surface area contributed by atoms with Crippen molar-refractivity contribution in [3.05, 3.63) is 59.7 Å². The molecule has 2 aromatic carbocycles. The lowest BCUT2D eigenvalue weighted by atomic mass is 10.00. The Hall–Kier alpha value is -1.74. The van der Waals surface area contributed by atoms with Crippen LogP contribution >= 0.6 is 0 Å². The van der Waals surface area contributed by atoms with Gasteiger partial charge in [-0.05, 0) is 42.6 Å².